The van der Waals surface area contributed by atoms with Gasteiger partial charge in [-0.15, -0.1) is 0 Å². The van der Waals surface area contributed by atoms with Gasteiger partial charge in [-0.2, -0.15) is 0 Å². The topological polar surface area (TPSA) is 9.23 Å². The number of methoxy groups -OCH3 is 1. The molecule has 0 aliphatic carbocycles. The van der Waals surface area contributed by atoms with Gasteiger partial charge in [-0.05, 0) is 0 Å². The quantitative estimate of drug-likeness (QED) is 0.402. The maximum absolute atomic E-state index is 4.00. The molecule has 5 heavy (non-hydrogen) atoms. The van der Waals surface area contributed by atoms with Gasteiger partial charge in [0.25, 0.3) is 0 Å². The van der Waals surface area contributed by atoms with Gasteiger partial charge in [0.1, 0.15) is 0 Å². The summed E-state index contributed by atoms with van der Waals surface area (Å²) in [6.07, 6.45) is 0. The highest BCUT2D eigenvalue weighted by Crippen LogP contribution is 1.36. The molecule has 0 amide bonds. The van der Waals surface area contributed by atoms with E-state index in [-0.39, 0.29) is 26.2 Å². The number of hydrogen-bond acceptors (Lipinski definition) is 1. The van der Waals surface area contributed by atoms with E-state index in [2.05, 4.69) is 11.8 Å². The minimum atomic E-state index is 0. The highest BCUT2D eigenvalue weighted by molar-refractivity contribution is 5.75. The fourth-order valence-electron chi connectivity index (χ4n) is 0. The van der Waals surface area contributed by atoms with Crippen LogP contribution in [0, 0.1) is 7.11 Å². The monoisotopic (exact) mass is 90.1 g/mol. The van der Waals surface area contributed by atoms with Crippen molar-refractivity contribution >= 4 is 17.4 Å². The van der Waals surface area contributed by atoms with Crippen LogP contribution in [0.5, 0.6) is 0 Å². The molecule has 0 aliphatic rings. The first-order valence-electron chi connectivity index (χ1n) is 0.697. The Hall–Kier alpha value is 0.492. The van der Waals surface area contributed by atoms with Crippen molar-refractivity contribution in [2.24, 2.45) is 0 Å². The third-order valence-corrected chi connectivity index (χ3v) is 0. The summed E-state index contributed by atoms with van der Waals surface area (Å²) < 4.78 is 4.00. The van der Waals surface area contributed by atoms with Crippen LogP contribution in [0.25, 0.3) is 0 Å². The number of ether oxygens (including phenoxy) is 1. The van der Waals surface area contributed by atoms with E-state index in [9.17, 15) is 0 Å². The summed E-state index contributed by atoms with van der Waals surface area (Å²) in [7, 11) is 4.50. The van der Waals surface area contributed by atoms with Crippen LogP contribution in [0.1, 0.15) is 8.85 Å². The average Bonchev–Trinajstić information content (AvgIpc) is 0.918. The Morgan fingerprint density at radius 3 is 1.80 bits per heavy atom. The summed E-state index contributed by atoms with van der Waals surface area (Å²) in [6, 6.07) is 0. The molecule has 0 atom stereocenters. The zero-order valence-electron chi connectivity index (χ0n) is 2.69. The van der Waals surface area contributed by atoms with E-state index in [0.29, 0.717) is 0 Å². The van der Waals surface area contributed by atoms with E-state index in [0.717, 1.165) is 0 Å². The molecule has 0 aromatic heterocycles. The lowest BCUT2D eigenvalue weighted by Crippen LogP contribution is -1.49. The standard InChI is InChI=1S/C2H5O.CH4.Al.H2/c1-3-2;;;/h1H2,2H3;1H4;;1H. The summed E-state index contributed by atoms with van der Waals surface area (Å²) in [5.74, 6) is 0. The van der Waals surface area contributed by atoms with Crippen molar-refractivity contribution in [2.45, 2.75) is 7.43 Å². The van der Waals surface area contributed by atoms with Crippen molar-refractivity contribution in [3.05, 3.63) is 7.11 Å². The molecule has 0 spiro atoms. The Labute approximate surface area is 45.9 Å². The first kappa shape index (κ1) is 17.8. The van der Waals surface area contributed by atoms with Gasteiger partial charge < -0.3 is 4.74 Å². The molecule has 32 valence electrons. The van der Waals surface area contributed by atoms with E-state index in [1.54, 1.807) is 0 Å². The Bertz CT molecular complexity index is 10.8. The zero-order valence-corrected chi connectivity index (χ0v) is 3.85. The first-order valence-corrected chi connectivity index (χ1v) is 0.697. The highest BCUT2D eigenvalue weighted by atomic mass is 27.0. The highest BCUT2D eigenvalue weighted by Gasteiger charge is 1.27. The molecule has 0 saturated carbocycles. The van der Waals surface area contributed by atoms with Crippen molar-refractivity contribution in [1.29, 1.82) is 0 Å². The predicted molar refractivity (Wildman–Crippen MR) is 27.0 cm³/mol. The molecule has 0 rings (SSSR count). The second kappa shape index (κ2) is 24.6. The fourth-order valence-corrected chi connectivity index (χ4v) is 0. The van der Waals surface area contributed by atoms with Crippen LogP contribution in [-0.2, 0) is 4.74 Å². The number of rotatable bonds is 0. The third kappa shape index (κ3) is 115. The van der Waals surface area contributed by atoms with Gasteiger partial charge in [0.15, 0.2) is 0 Å². The first-order chi connectivity index (χ1) is 1.41. The molecule has 0 aromatic carbocycles. The van der Waals surface area contributed by atoms with Crippen LogP contribution in [0.4, 0.5) is 0 Å². The number of hydrogen-bond donors (Lipinski definition) is 0. The van der Waals surface area contributed by atoms with Gasteiger partial charge in [0, 0.05) is 25.9 Å². The summed E-state index contributed by atoms with van der Waals surface area (Å²) in [4.78, 5) is 0. The zero-order chi connectivity index (χ0) is 2.71. The molecule has 0 heterocycles. The minimum absolute atomic E-state index is 0. The Balaban J connectivity index is -0.00000000667. The van der Waals surface area contributed by atoms with Crippen LogP contribution in [0.3, 0.4) is 0 Å². The Morgan fingerprint density at radius 2 is 1.80 bits per heavy atom. The molecule has 0 unspecified atom stereocenters. The molecule has 0 fully saturated rings. The lowest BCUT2D eigenvalue weighted by molar-refractivity contribution is 0.329. The van der Waals surface area contributed by atoms with Crippen molar-refractivity contribution in [2.75, 3.05) is 7.11 Å². The second-order valence-electron chi connectivity index (χ2n) is 0.289. The lowest BCUT2D eigenvalue weighted by Gasteiger charge is -1.60. The van der Waals surface area contributed by atoms with E-state index >= 15 is 0 Å². The molecule has 0 aliphatic heterocycles. The van der Waals surface area contributed by atoms with E-state index in [4.69, 9.17) is 0 Å². The molecule has 2 heteroatoms. The van der Waals surface area contributed by atoms with Crippen molar-refractivity contribution < 1.29 is 6.16 Å². The van der Waals surface area contributed by atoms with Crippen molar-refractivity contribution in [3.8, 4) is 0 Å². The molecule has 4 radical (unpaired) electrons. The molecule has 1 nitrogen and oxygen atoms in total. The summed E-state index contributed by atoms with van der Waals surface area (Å²) >= 11 is 0. The van der Waals surface area contributed by atoms with Crippen molar-refractivity contribution in [3.63, 3.8) is 0 Å². The summed E-state index contributed by atoms with van der Waals surface area (Å²) in [6.45, 7) is 0. The van der Waals surface area contributed by atoms with Crippen LogP contribution >= 0.6 is 0 Å². The van der Waals surface area contributed by atoms with Gasteiger partial charge in [-0.1, -0.05) is 7.43 Å². The van der Waals surface area contributed by atoms with Crippen molar-refractivity contribution in [1.82, 2.24) is 0 Å². The molecule has 0 saturated heterocycles. The van der Waals surface area contributed by atoms with E-state index in [1.165, 1.54) is 7.11 Å². The van der Waals surface area contributed by atoms with Crippen LogP contribution < -0.4 is 0 Å². The minimum Gasteiger partial charge on any atom is -0.382 e. The van der Waals surface area contributed by atoms with Gasteiger partial charge in [0.05, 0.1) is 7.11 Å². The summed E-state index contributed by atoms with van der Waals surface area (Å²) in [5, 5.41) is 0. The predicted octanol–water partition coefficient (Wildman–Crippen LogP) is 0.926. The molecular formula is C3H11AlO. The molecular weight excluding hydrogens is 79.0 g/mol. The molecule has 0 bridgehead atoms. The second-order valence-corrected chi connectivity index (χ2v) is 0.289. The Morgan fingerprint density at radius 1 is 1.80 bits per heavy atom. The largest absolute Gasteiger partial charge is 0.382 e. The van der Waals surface area contributed by atoms with Gasteiger partial charge in [-0.3, -0.25) is 0 Å². The smallest absolute Gasteiger partial charge is 0.0696 e. The Kier molecular flexibility index (Phi) is 87.8. The molecule has 0 aromatic rings. The molecule has 0 N–H and O–H groups in total. The average molecular weight is 90.1 g/mol. The maximum Gasteiger partial charge on any atom is 0.0696 e. The third-order valence-electron chi connectivity index (χ3n) is 0. The normalized spacial score (nSPS) is 3.60. The summed E-state index contributed by atoms with van der Waals surface area (Å²) in [5.41, 5.74) is 0. The van der Waals surface area contributed by atoms with Crippen LogP contribution in [0.2, 0.25) is 0 Å². The van der Waals surface area contributed by atoms with E-state index in [1.807, 2.05) is 0 Å². The van der Waals surface area contributed by atoms with E-state index < -0.39 is 0 Å². The van der Waals surface area contributed by atoms with Crippen LogP contribution in [-0.4, -0.2) is 24.5 Å². The fraction of sp³-hybridized carbons (Fsp3) is 0.667. The maximum atomic E-state index is 4.00. The van der Waals surface area contributed by atoms with Gasteiger partial charge in [-0.25, -0.2) is 0 Å². The van der Waals surface area contributed by atoms with Crippen LogP contribution in [0.15, 0.2) is 0 Å². The van der Waals surface area contributed by atoms with Gasteiger partial charge >= 0.3 is 0 Å². The lowest BCUT2D eigenvalue weighted by atomic mass is 11.6. The SMILES string of the molecule is C.[Al].[CH2]OC.[HH]. The van der Waals surface area contributed by atoms with Gasteiger partial charge in [0.2, 0.25) is 0 Å².